The van der Waals surface area contributed by atoms with Crippen LogP contribution in [0.2, 0.25) is 0 Å². The summed E-state index contributed by atoms with van der Waals surface area (Å²) in [7, 11) is -1.50. The average Bonchev–Trinajstić information content (AvgIpc) is 3.21. The summed E-state index contributed by atoms with van der Waals surface area (Å²) in [5, 5.41) is 3.04. The lowest BCUT2D eigenvalue weighted by Crippen LogP contribution is -2.29. The number of hydrogen-bond donors (Lipinski definition) is 2. The van der Waals surface area contributed by atoms with E-state index in [1.807, 2.05) is 19.2 Å². The monoisotopic (exact) mass is 282 g/mol. The van der Waals surface area contributed by atoms with Crippen molar-refractivity contribution in [1.29, 1.82) is 0 Å². The first-order valence-corrected chi connectivity index (χ1v) is 8.24. The highest BCUT2D eigenvalue weighted by molar-refractivity contribution is 7.89. The van der Waals surface area contributed by atoms with Crippen LogP contribution in [0.3, 0.4) is 0 Å². The highest BCUT2D eigenvalue weighted by Crippen LogP contribution is 2.36. The third-order valence-corrected chi connectivity index (χ3v) is 5.08. The van der Waals surface area contributed by atoms with E-state index >= 15 is 0 Å². The molecule has 0 radical (unpaired) electrons. The standard InChI is InChI=1S/C14H22N2O2S/c1-11(13-5-6-13)9-16-19(17,18)14-7-3-12(4-8-14)10-15-2/h3-4,7-8,11,13,15-16H,5-6,9-10H2,1-2H3. The van der Waals surface area contributed by atoms with Crippen molar-refractivity contribution in [2.75, 3.05) is 13.6 Å². The number of hydrogen-bond acceptors (Lipinski definition) is 3. The van der Waals surface area contributed by atoms with E-state index in [1.165, 1.54) is 12.8 Å². The summed E-state index contributed by atoms with van der Waals surface area (Å²) < 4.78 is 26.9. The molecule has 2 rings (SSSR count). The molecule has 1 unspecified atom stereocenters. The van der Waals surface area contributed by atoms with Gasteiger partial charge in [-0.15, -0.1) is 0 Å². The summed E-state index contributed by atoms with van der Waals surface area (Å²) in [5.41, 5.74) is 1.08. The predicted octanol–water partition coefficient (Wildman–Crippen LogP) is 1.73. The second-order valence-electron chi connectivity index (χ2n) is 5.34. The molecule has 2 N–H and O–H groups in total. The summed E-state index contributed by atoms with van der Waals surface area (Å²) in [5.74, 6) is 1.14. The van der Waals surface area contributed by atoms with Crippen molar-refractivity contribution in [2.45, 2.75) is 31.2 Å². The third kappa shape index (κ3) is 4.03. The molecule has 0 heterocycles. The molecule has 1 atom stereocenters. The Labute approximate surface area is 115 Å². The molecule has 0 bridgehead atoms. The van der Waals surface area contributed by atoms with E-state index in [4.69, 9.17) is 0 Å². The van der Waals surface area contributed by atoms with E-state index in [2.05, 4.69) is 17.0 Å². The van der Waals surface area contributed by atoms with Crippen LogP contribution in [0.1, 0.15) is 25.3 Å². The van der Waals surface area contributed by atoms with Crippen molar-refractivity contribution in [3.05, 3.63) is 29.8 Å². The maximum absolute atomic E-state index is 12.1. The molecule has 1 aromatic carbocycles. The first-order chi connectivity index (χ1) is 9.03. The van der Waals surface area contributed by atoms with Gasteiger partial charge in [-0.25, -0.2) is 13.1 Å². The minimum Gasteiger partial charge on any atom is -0.316 e. The van der Waals surface area contributed by atoms with Crippen molar-refractivity contribution in [3.63, 3.8) is 0 Å². The van der Waals surface area contributed by atoms with Crippen LogP contribution in [-0.2, 0) is 16.6 Å². The van der Waals surface area contributed by atoms with Crippen LogP contribution >= 0.6 is 0 Å². The van der Waals surface area contributed by atoms with Gasteiger partial charge in [0.2, 0.25) is 10.0 Å². The molecule has 5 heteroatoms. The molecule has 1 aliphatic rings. The van der Waals surface area contributed by atoms with Crippen molar-refractivity contribution >= 4 is 10.0 Å². The van der Waals surface area contributed by atoms with E-state index in [9.17, 15) is 8.42 Å². The average molecular weight is 282 g/mol. The minimum atomic E-state index is -3.36. The summed E-state index contributed by atoms with van der Waals surface area (Å²) in [6.45, 7) is 3.38. The topological polar surface area (TPSA) is 58.2 Å². The fourth-order valence-electron chi connectivity index (χ4n) is 2.15. The molecule has 19 heavy (non-hydrogen) atoms. The third-order valence-electron chi connectivity index (χ3n) is 3.64. The van der Waals surface area contributed by atoms with E-state index in [0.29, 0.717) is 23.3 Å². The number of rotatable bonds is 7. The number of nitrogens with one attached hydrogen (secondary N) is 2. The highest BCUT2D eigenvalue weighted by Gasteiger charge is 2.28. The van der Waals surface area contributed by atoms with Gasteiger partial charge < -0.3 is 5.32 Å². The SMILES string of the molecule is CNCc1ccc(S(=O)(=O)NCC(C)C2CC2)cc1. The zero-order chi connectivity index (χ0) is 13.9. The fourth-order valence-corrected chi connectivity index (χ4v) is 3.29. The van der Waals surface area contributed by atoms with Crippen LogP contribution in [0.4, 0.5) is 0 Å². The van der Waals surface area contributed by atoms with Crippen LogP contribution in [0, 0.1) is 11.8 Å². The van der Waals surface area contributed by atoms with Crippen LogP contribution in [0.25, 0.3) is 0 Å². The molecule has 0 amide bonds. The van der Waals surface area contributed by atoms with Crippen molar-refractivity contribution in [1.82, 2.24) is 10.0 Å². The van der Waals surface area contributed by atoms with Gasteiger partial charge in [0.05, 0.1) is 4.90 Å². The second kappa shape index (κ2) is 6.03. The molecular weight excluding hydrogens is 260 g/mol. The first kappa shape index (κ1) is 14.5. The van der Waals surface area contributed by atoms with Gasteiger partial charge in [-0.1, -0.05) is 19.1 Å². The fraction of sp³-hybridized carbons (Fsp3) is 0.571. The molecule has 1 aromatic rings. The van der Waals surface area contributed by atoms with Crippen LogP contribution in [0.15, 0.2) is 29.2 Å². The molecule has 1 saturated carbocycles. The Morgan fingerprint density at radius 1 is 1.26 bits per heavy atom. The maximum Gasteiger partial charge on any atom is 0.240 e. The summed E-state index contributed by atoms with van der Waals surface area (Å²) in [6.07, 6.45) is 2.48. The lowest BCUT2D eigenvalue weighted by atomic mass is 10.1. The molecular formula is C14H22N2O2S. The normalized spacial score (nSPS) is 17.4. The Hall–Kier alpha value is -0.910. The molecule has 0 aliphatic heterocycles. The largest absolute Gasteiger partial charge is 0.316 e. The Kier molecular flexibility index (Phi) is 4.60. The Balaban J connectivity index is 1.97. The molecule has 0 saturated heterocycles. The molecule has 1 aliphatic carbocycles. The first-order valence-electron chi connectivity index (χ1n) is 6.76. The lowest BCUT2D eigenvalue weighted by molar-refractivity contribution is 0.492. The zero-order valence-corrected chi connectivity index (χ0v) is 12.3. The van der Waals surface area contributed by atoms with Gasteiger partial charge in [0.1, 0.15) is 0 Å². The quantitative estimate of drug-likeness (QED) is 0.801. The Morgan fingerprint density at radius 3 is 2.42 bits per heavy atom. The summed E-state index contributed by atoms with van der Waals surface area (Å²) in [6, 6.07) is 7.01. The van der Waals surface area contributed by atoms with E-state index in [1.54, 1.807) is 12.1 Å². The van der Waals surface area contributed by atoms with Crippen molar-refractivity contribution in [3.8, 4) is 0 Å². The van der Waals surface area contributed by atoms with Crippen molar-refractivity contribution in [2.24, 2.45) is 11.8 Å². The van der Waals surface area contributed by atoms with E-state index in [-0.39, 0.29) is 0 Å². The van der Waals surface area contributed by atoms with Gasteiger partial charge in [-0.05, 0) is 49.4 Å². The maximum atomic E-state index is 12.1. The van der Waals surface area contributed by atoms with Gasteiger partial charge in [0.15, 0.2) is 0 Å². The molecule has 4 nitrogen and oxygen atoms in total. The van der Waals surface area contributed by atoms with Gasteiger partial charge in [-0.2, -0.15) is 0 Å². The van der Waals surface area contributed by atoms with Crippen LogP contribution in [0.5, 0.6) is 0 Å². The molecule has 1 fully saturated rings. The smallest absolute Gasteiger partial charge is 0.240 e. The van der Waals surface area contributed by atoms with Crippen LogP contribution < -0.4 is 10.0 Å². The lowest BCUT2D eigenvalue weighted by Gasteiger charge is -2.12. The van der Waals surface area contributed by atoms with Crippen molar-refractivity contribution < 1.29 is 8.42 Å². The van der Waals surface area contributed by atoms with E-state index in [0.717, 1.165) is 12.1 Å². The molecule has 106 valence electrons. The molecule has 0 spiro atoms. The number of sulfonamides is 1. The van der Waals surface area contributed by atoms with Gasteiger partial charge in [-0.3, -0.25) is 0 Å². The zero-order valence-electron chi connectivity index (χ0n) is 11.5. The Morgan fingerprint density at radius 2 is 1.89 bits per heavy atom. The Bertz CT molecular complexity index is 507. The predicted molar refractivity (Wildman–Crippen MR) is 76.3 cm³/mol. The molecule has 0 aromatic heterocycles. The van der Waals surface area contributed by atoms with Gasteiger partial charge >= 0.3 is 0 Å². The summed E-state index contributed by atoms with van der Waals surface area (Å²) in [4.78, 5) is 0.343. The second-order valence-corrected chi connectivity index (χ2v) is 7.11. The van der Waals surface area contributed by atoms with E-state index < -0.39 is 10.0 Å². The van der Waals surface area contributed by atoms with Crippen LogP contribution in [-0.4, -0.2) is 22.0 Å². The summed E-state index contributed by atoms with van der Waals surface area (Å²) >= 11 is 0. The highest BCUT2D eigenvalue weighted by atomic mass is 32.2. The number of benzene rings is 1. The minimum absolute atomic E-state index is 0.343. The van der Waals surface area contributed by atoms with Gasteiger partial charge in [0, 0.05) is 13.1 Å². The van der Waals surface area contributed by atoms with Gasteiger partial charge in [0.25, 0.3) is 0 Å².